The molecule has 1 aliphatic heterocycles. The number of amides is 2. The summed E-state index contributed by atoms with van der Waals surface area (Å²) < 4.78 is 28.4. The van der Waals surface area contributed by atoms with Crippen LogP contribution in [-0.2, 0) is 14.8 Å². The molecular formula is C24H31N3O4S. The number of rotatable bonds is 7. The Morgan fingerprint density at radius 3 is 2.62 bits per heavy atom. The maximum absolute atomic E-state index is 13.2. The summed E-state index contributed by atoms with van der Waals surface area (Å²) in [6, 6.07) is 11.2. The second-order valence-corrected chi connectivity index (χ2v) is 10.1. The van der Waals surface area contributed by atoms with Gasteiger partial charge in [0, 0.05) is 23.8 Å². The molecule has 0 unspecified atom stereocenters. The lowest BCUT2D eigenvalue weighted by Gasteiger charge is -2.25. The van der Waals surface area contributed by atoms with Crippen LogP contribution < -0.4 is 10.0 Å². The third kappa shape index (κ3) is 5.30. The van der Waals surface area contributed by atoms with Crippen LogP contribution in [0.25, 0.3) is 0 Å². The number of carbonyl (C=O) groups is 2. The van der Waals surface area contributed by atoms with Gasteiger partial charge in [0.25, 0.3) is 15.9 Å². The van der Waals surface area contributed by atoms with Crippen molar-refractivity contribution < 1.29 is 18.0 Å². The molecule has 7 nitrogen and oxygen atoms in total. The van der Waals surface area contributed by atoms with Crippen molar-refractivity contribution in [3.8, 4) is 0 Å². The fraction of sp³-hybridized carbons (Fsp3) is 0.417. The molecule has 0 radical (unpaired) electrons. The Hall–Kier alpha value is -2.87. The Morgan fingerprint density at radius 1 is 1.16 bits per heavy atom. The number of hydrogen-bond donors (Lipinski definition) is 2. The monoisotopic (exact) mass is 457 g/mol. The van der Waals surface area contributed by atoms with Crippen molar-refractivity contribution in [2.24, 2.45) is 0 Å². The lowest BCUT2D eigenvalue weighted by Crippen LogP contribution is -2.48. The van der Waals surface area contributed by atoms with Crippen LogP contribution in [0, 0.1) is 13.8 Å². The summed E-state index contributed by atoms with van der Waals surface area (Å²) in [7, 11) is -3.81. The molecule has 0 saturated carbocycles. The predicted molar refractivity (Wildman–Crippen MR) is 125 cm³/mol. The molecule has 2 aromatic rings. The summed E-state index contributed by atoms with van der Waals surface area (Å²) in [6.07, 6.45) is 2.19. The van der Waals surface area contributed by atoms with Crippen LogP contribution >= 0.6 is 0 Å². The van der Waals surface area contributed by atoms with Crippen molar-refractivity contribution in [3.63, 3.8) is 0 Å². The number of carbonyl (C=O) groups excluding carboxylic acids is 2. The van der Waals surface area contributed by atoms with E-state index in [0.29, 0.717) is 29.8 Å². The maximum atomic E-state index is 13.2. The highest BCUT2D eigenvalue weighted by Gasteiger charge is 2.35. The van der Waals surface area contributed by atoms with E-state index >= 15 is 0 Å². The predicted octanol–water partition coefficient (Wildman–Crippen LogP) is 3.62. The Kier molecular flexibility index (Phi) is 7.23. The number of aryl methyl sites for hydroxylation is 2. The van der Waals surface area contributed by atoms with E-state index in [4.69, 9.17) is 0 Å². The number of nitrogens with one attached hydrogen (secondary N) is 2. The van der Waals surface area contributed by atoms with Gasteiger partial charge in [-0.15, -0.1) is 0 Å². The van der Waals surface area contributed by atoms with Gasteiger partial charge in [-0.05, 0) is 75.4 Å². The van der Waals surface area contributed by atoms with Crippen molar-refractivity contribution >= 4 is 27.5 Å². The fourth-order valence-electron chi connectivity index (χ4n) is 3.81. The van der Waals surface area contributed by atoms with Gasteiger partial charge in [-0.2, -0.15) is 0 Å². The molecule has 2 amide bonds. The molecule has 1 fully saturated rings. The highest BCUT2D eigenvalue weighted by molar-refractivity contribution is 7.92. The molecule has 2 aromatic carbocycles. The standard InChI is InChI=1S/C24H31N3O4S/c1-5-18(4)25-23(28)21-10-7-13-27(21)24(29)19-8-6-9-20(15-19)26-32(30,31)22-14-16(2)11-12-17(22)3/h6,8-9,11-12,14-15,18,21,26H,5,7,10,13H2,1-4H3,(H,25,28)/t18-,21+/m0/s1. The number of anilines is 1. The van der Waals surface area contributed by atoms with Gasteiger partial charge in [0.15, 0.2) is 0 Å². The summed E-state index contributed by atoms with van der Waals surface area (Å²) in [5.74, 6) is -0.420. The zero-order valence-corrected chi connectivity index (χ0v) is 19.8. The molecule has 8 heteroatoms. The lowest BCUT2D eigenvalue weighted by molar-refractivity contribution is -0.125. The molecule has 2 N–H and O–H groups in total. The van der Waals surface area contributed by atoms with E-state index in [2.05, 4.69) is 10.0 Å². The third-order valence-electron chi connectivity index (χ3n) is 5.81. The van der Waals surface area contributed by atoms with E-state index < -0.39 is 16.1 Å². The Morgan fingerprint density at radius 2 is 1.91 bits per heavy atom. The van der Waals surface area contributed by atoms with Gasteiger partial charge in [-0.3, -0.25) is 14.3 Å². The van der Waals surface area contributed by atoms with Crippen molar-refractivity contribution in [1.82, 2.24) is 10.2 Å². The number of sulfonamides is 1. The van der Waals surface area contributed by atoms with E-state index in [1.165, 1.54) is 6.07 Å². The minimum absolute atomic E-state index is 0.0443. The SMILES string of the molecule is CC[C@H](C)NC(=O)[C@H]1CCCN1C(=O)c1cccc(NS(=O)(=O)c2cc(C)ccc2C)c1. The minimum Gasteiger partial charge on any atom is -0.352 e. The summed E-state index contributed by atoms with van der Waals surface area (Å²) in [5.41, 5.74) is 2.13. The molecule has 0 spiro atoms. The summed E-state index contributed by atoms with van der Waals surface area (Å²) in [6.45, 7) is 8.00. The number of likely N-dealkylation sites (tertiary alicyclic amines) is 1. The fourth-order valence-corrected chi connectivity index (χ4v) is 5.19. The summed E-state index contributed by atoms with van der Waals surface area (Å²) >= 11 is 0. The molecule has 3 rings (SSSR count). The number of nitrogens with zero attached hydrogens (tertiary/aromatic N) is 1. The Balaban J connectivity index is 1.80. The third-order valence-corrected chi connectivity index (χ3v) is 7.34. The largest absolute Gasteiger partial charge is 0.352 e. The van der Waals surface area contributed by atoms with E-state index in [9.17, 15) is 18.0 Å². The van der Waals surface area contributed by atoms with Crippen LogP contribution in [0.4, 0.5) is 5.69 Å². The van der Waals surface area contributed by atoms with Gasteiger partial charge >= 0.3 is 0 Å². The molecule has 0 aliphatic carbocycles. The van der Waals surface area contributed by atoms with Crippen LogP contribution in [-0.4, -0.2) is 43.8 Å². The zero-order chi connectivity index (χ0) is 23.5. The van der Waals surface area contributed by atoms with Crippen LogP contribution in [0.5, 0.6) is 0 Å². The first-order valence-electron chi connectivity index (χ1n) is 10.9. The van der Waals surface area contributed by atoms with Crippen LogP contribution in [0.15, 0.2) is 47.4 Å². The van der Waals surface area contributed by atoms with Crippen LogP contribution in [0.3, 0.4) is 0 Å². The molecule has 32 heavy (non-hydrogen) atoms. The molecule has 0 aromatic heterocycles. The first-order chi connectivity index (χ1) is 15.1. The molecule has 0 bridgehead atoms. The smallest absolute Gasteiger partial charge is 0.262 e. The van der Waals surface area contributed by atoms with E-state index in [1.54, 1.807) is 42.2 Å². The van der Waals surface area contributed by atoms with Gasteiger partial charge in [0.05, 0.1) is 4.90 Å². The second-order valence-electron chi connectivity index (χ2n) is 8.43. The Labute approximate surface area is 190 Å². The van der Waals surface area contributed by atoms with Crippen LogP contribution in [0.2, 0.25) is 0 Å². The Bertz CT molecular complexity index is 1110. The average molecular weight is 458 g/mol. The second kappa shape index (κ2) is 9.73. The van der Waals surface area contributed by atoms with Crippen molar-refractivity contribution in [1.29, 1.82) is 0 Å². The van der Waals surface area contributed by atoms with Gasteiger partial charge in [-0.1, -0.05) is 25.1 Å². The zero-order valence-electron chi connectivity index (χ0n) is 19.0. The first kappa shape index (κ1) is 23.8. The molecule has 1 heterocycles. The number of benzene rings is 2. The van der Waals surface area contributed by atoms with Gasteiger partial charge in [0.2, 0.25) is 5.91 Å². The molecule has 1 aliphatic rings. The number of hydrogen-bond acceptors (Lipinski definition) is 4. The molecule has 172 valence electrons. The van der Waals surface area contributed by atoms with E-state index in [1.807, 2.05) is 26.8 Å². The first-order valence-corrected chi connectivity index (χ1v) is 12.4. The average Bonchev–Trinajstić information content (AvgIpc) is 3.24. The molecular weight excluding hydrogens is 426 g/mol. The normalized spacial score (nSPS) is 17.1. The van der Waals surface area contributed by atoms with Crippen molar-refractivity contribution in [3.05, 3.63) is 59.2 Å². The van der Waals surface area contributed by atoms with Gasteiger partial charge in [0.1, 0.15) is 6.04 Å². The van der Waals surface area contributed by atoms with Gasteiger partial charge in [-0.25, -0.2) is 8.42 Å². The van der Waals surface area contributed by atoms with Crippen molar-refractivity contribution in [2.75, 3.05) is 11.3 Å². The topological polar surface area (TPSA) is 95.6 Å². The molecule has 1 saturated heterocycles. The highest BCUT2D eigenvalue weighted by Crippen LogP contribution is 2.24. The molecule has 2 atom stereocenters. The summed E-state index contributed by atoms with van der Waals surface area (Å²) in [4.78, 5) is 27.6. The minimum atomic E-state index is -3.81. The van der Waals surface area contributed by atoms with E-state index in [0.717, 1.165) is 18.4 Å². The van der Waals surface area contributed by atoms with Crippen LogP contribution in [0.1, 0.15) is 54.6 Å². The van der Waals surface area contributed by atoms with E-state index in [-0.39, 0.29) is 22.8 Å². The maximum Gasteiger partial charge on any atom is 0.262 e. The lowest BCUT2D eigenvalue weighted by atomic mass is 10.1. The van der Waals surface area contributed by atoms with Gasteiger partial charge < -0.3 is 10.2 Å². The highest BCUT2D eigenvalue weighted by atomic mass is 32.2. The quantitative estimate of drug-likeness (QED) is 0.664. The summed E-state index contributed by atoms with van der Waals surface area (Å²) in [5, 5.41) is 2.95. The van der Waals surface area contributed by atoms with Crippen molar-refractivity contribution in [2.45, 2.75) is 63.9 Å².